The molecule has 3 unspecified atom stereocenters. The van der Waals surface area contributed by atoms with E-state index in [1.807, 2.05) is 0 Å². The smallest absolute Gasteiger partial charge is 0.000491 e. The molecule has 3 atom stereocenters. The summed E-state index contributed by atoms with van der Waals surface area (Å²) in [4.78, 5) is 0. The van der Waals surface area contributed by atoms with Gasteiger partial charge < -0.3 is 5.32 Å². The van der Waals surface area contributed by atoms with E-state index in [4.69, 9.17) is 0 Å². The summed E-state index contributed by atoms with van der Waals surface area (Å²) in [5.74, 6) is 3.38. The van der Waals surface area contributed by atoms with Crippen molar-refractivity contribution in [2.75, 3.05) is 13.6 Å². The summed E-state index contributed by atoms with van der Waals surface area (Å²) in [6.07, 6.45) is 10.8. The summed E-state index contributed by atoms with van der Waals surface area (Å²) in [7, 11) is 2.11. The highest BCUT2D eigenvalue weighted by Crippen LogP contribution is 2.57. The quantitative estimate of drug-likeness (QED) is 0.724. The third-order valence-corrected chi connectivity index (χ3v) is 5.09. The Hall–Kier alpha value is -0.0400. The van der Waals surface area contributed by atoms with Crippen LogP contribution in [0.2, 0.25) is 0 Å². The lowest BCUT2D eigenvalue weighted by Crippen LogP contribution is -2.24. The van der Waals surface area contributed by atoms with E-state index in [-0.39, 0.29) is 0 Å². The van der Waals surface area contributed by atoms with Crippen LogP contribution in [0.4, 0.5) is 0 Å². The van der Waals surface area contributed by atoms with Crippen molar-refractivity contribution in [3.8, 4) is 0 Å². The first kappa shape index (κ1) is 9.21. The Bertz CT molecular complexity index is 219. The molecule has 0 aromatic carbocycles. The van der Waals surface area contributed by atoms with Crippen LogP contribution in [-0.4, -0.2) is 13.6 Å². The Labute approximate surface area is 87.7 Å². The molecule has 1 heteroatoms. The van der Waals surface area contributed by atoms with Crippen LogP contribution in [0.15, 0.2) is 0 Å². The maximum Gasteiger partial charge on any atom is 0.000491 e. The van der Waals surface area contributed by atoms with Gasteiger partial charge in [-0.2, -0.15) is 0 Å². The Balaban J connectivity index is 1.58. The minimum Gasteiger partial charge on any atom is -0.319 e. The van der Waals surface area contributed by atoms with Crippen LogP contribution >= 0.6 is 0 Å². The Morgan fingerprint density at radius 2 is 2.07 bits per heavy atom. The molecule has 0 aromatic rings. The highest BCUT2D eigenvalue weighted by atomic mass is 14.8. The van der Waals surface area contributed by atoms with E-state index in [0.717, 1.165) is 23.2 Å². The van der Waals surface area contributed by atoms with Crippen molar-refractivity contribution in [2.45, 2.75) is 44.9 Å². The molecule has 14 heavy (non-hydrogen) atoms. The molecule has 3 aliphatic carbocycles. The van der Waals surface area contributed by atoms with E-state index in [2.05, 4.69) is 12.4 Å². The van der Waals surface area contributed by atoms with Crippen LogP contribution in [-0.2, 0) is 0 Å². The molecule has 1 nitrogen and oxygen atoms in total. The number of rotatable bonds is 4. The van der Waals surface area contributed by atoms with Gasteiger partial charge >= 0.3 is 0 Å². The summed E-state index contributed by atoms with van der Waals surface area (Å²) in [6.45, 7) is 1.28. The van der Waals surface area contributed by atoms with Crippen molar-refractivity contribution in [3.63, 3.8) is 0 Å². The average Bonchev–Trinajstić information content (AvgIpc) is 2.63. The summed E-state index contributed by atoms with van der Waals surface area (Å²) in [6, 6.07) is 0. The zero-order valence-electron chi connectivity index (χ0n) is 9.39. The van der Waals surface area contributed by atoms with E-state index in [0.29, 0.717) is 0 Å². The van der Waals surface area contributed by atoms with Crippen molar-refractivity contribution >= 4 is 0 Å². The Kier molecular flexibility index (Phi) is 2.12. The number of hydrogen-bond donors (Lipinski definition) is 1. The largest absolute Gasteiger partial charge is 0.319 e. The van der Waals surface area contributed by atoms with Crippen molar-refractivity contribution in [3.05, 3.63) is 0 Å². The zero-order valence-corrected chi connectivity index (χ0v) is 9.39. The van der Waals surface area contributed by atoms with E-state index < -0.39 is 0 Å². The van der Waals surface area contributed by atoms with Gasteiger partial charge in [0.1, 0.15) is 0 Å². The van der Waals surface area contributed by atoms with Crippen molar-refractivity contribution in [1.29, 1.82) is 0 Å². The monoisotopic (exact) mass is 193 g/mol. The first-order valence-corrected chi connectivity index (χ1v) is 6.46. The van der Waals surface area contributed by atoms with Gasteiger partial charge in [-0.1, -0.05) is 6.42 Å². The molecule has 0 aromatic heterocycles. The van der Waals surface area contributed by atoms with Gasteiger partial charge in [0, 0.05) is 6.54 Å². The molecule has 3 fully saturated rings. The van der Waals surface area contributed by atoms with Gasteiger partial charge in [-0.15, -0.1) is 0 Å². The molecule has 0 saturated heterocycles. The summed E-state index contributed by atoms with van der Waals surface area (Å²) < 4.78 is 0. The third-order valence-electron chi connectivity index (χ3n) is 5.09. The standard InChI is InChI=1S/C13H23N/c1-14-9-13(4-5-13)8-12-7-10-2-3-11(12)6-10/h10-12,14H,2-9H2,1H3. The second kappa shape index (κ2) is 3.23. The molecule has 0 amide bonds. The van der Waals surface area contributed by atoms with Crippen LogP contribution in [0.5, 0.6) is 0 Å². The van der Waals surface area contributed by atoms with Crippen LogP contribution < -0.4 is 5.32 Å². The van der Waals surface area contributed by atoms with Gasteiger partial charge in [0.2, 0.25) is 0 Å². The minimum atomic E-state index is 0.754. The average molecular weight is 193 g/mol. The van der Waals surface area contributed by atoms with Gasteiger partial charge in [-0.05, 0) is 68.7 Å². The Morgan fingerprint density at radius 1 is 1.21 bits per heavy atom. The molecule has 1 N–H and O–H groups in total. The van der Waals surface area contributed by atoms with Crippen LogP contribution in [0, 0.1) is 23.2 Å². The fourth-order valence-electron chi connectivity index (χ4n) is 4.19. The lowest BCUT2D eigenvalue weighted by Gasteiger charge is -2.26. The van der Waals surface area contributed by atoms with Crippen molar-refractivity contribution in [1.82, 2.24) is 5.32 Å². The van der Waals surface area contributed by atoms with E-state index in [1.165, 1.54) is 19.4 Å². The topological polar surface area (TPSA) is 12.0 Å². The predicted octanol–water partition coefficient (Wildman–Crippen LogP) is 2.81. The lowest BCUT2D eigenvalue weighted by molar-refractivity contribution is 0.253. The fraction of sp³-hybridized carbons (Fsp3) is 1.00. The van der Waals surface area contributed by atoms with Gasteiger partial charge in [0.15, 0.2) is 0 Å². The molecule has 0 heterocycles. The minimum absolute atomic E-state index is 0.754. The normalized spacial score (nSPS) is 43.1. The van der Waals surface area contributed by atoms with Gasteiger partial charge in [-0.25, -0.2) is 0 Å². The number of hydrogen-bond acceptors (Lipinski definition) is 1. The molecule has 80 valence electrons. The summed E-state index contributed by atoms with van der Waals surface area (Å²) >= 11 is 0. The molecule has 3 saturated carbocycles. The maximum absolute atomic E-state index is 3.39. The van der Waals surface area contributed by atoms with Crippen LogP contribution in [0.3, 0.4) is 0 Å². The van der Waals surface area contributed by atoms with Crippen molar-refractivity contribution < 1.29 is 0 Å². The highest BCUT2D eigenvalue weighted by molar-refractivity contribution is 5.00. The Morgan fingerprint density at radius 3 is 2.57 bits per heavy atom. The first-order valence-electron chi connectivity index (χ1n) is 6.46. The van der Waals surface area contributed by atoms with Gasteiger partial charge in [0.05, 0.1) is 0 Å². The van der Waals surface area contributed by atoms with Crippen LogP contribution in [0.1, 0.15) is 44.9 Å². The summed E-state index contributed by atoms with van der Waals surface area (Å²) in [5.41, 5.74) is 0.754. The van der Waals surface area contributed by atoms with Crippen molar-refractivity contribution in [2.24, 2.45) is 23.2 Å². The third kappa shape index (κ3) is 1.50. The van der Waals surface area contributed by atoms with Crippen LogP contribution in [0.25, 0.3) is 0 Å². The van der Waals surface area contributed by atoms with Gasteiger partial charge in [-0.3, -0.25) is 0 Å². The van der Waals surface area contributed by atoms with E-state index in [9.17, 15) is 0 Å². The van der Waals surface area contributed by atoms with Gasteiger partial charge in [0.25, 0.3) is 0 Å². The molecular weight excluding hydrogens is 170 g/mol. The molecule has 0 aliphatic heterocycles. The lowest BCUT2D eigenvalue weighted by atomic mass is 9.81. The van der Waals surface area contributed by atoms with E-state index >= 15 is 0 Å². The second-order valence-electron chi connectivity index (χ2n) is 6.17. The molecule has 0 spiro atoms. The molecule has 0 radical (unpaired) electrons. The molecule has 2 bridgehead atoms. The SMILES string of the molecule is CNCC1(CC2CC3CCC2C3)CC1. The predicted molar refractivity (Wildman–Crippen MR) is 59.1 cm³/mol. The number of fused-ring (bicyclic) bond motifs is 2. The summed E-state index contributed by atoms with van der Waals surface area (Å²) in [5, 5.41) is 3.39. The number of nitrogens with one attached hydrogen (secondary N) is 1. The molecular formula is C13H23N. The molecule has 3 rings (SSSR count). The second-order valence-corrected chi connectivity index (χ2v) is 6.17. The zero-order chi connectivity index (χ0) is 9.60. The maximum atomic E-state index is 3.39. The fourth-order valence-corrected chi connectivity index (χ4v) is 4.19. The first-order chi connectivity index (χ1) is 6.81. The molecule has 3 aliphatic rings. The highest BCUT2D eigenvalue weighted by Gasteiger charge is 2.48. The van der Waals surface area contributed by atoms with E-state index in [1.54, 1.807) is 32.1 Å².